The van der Waals surface area contributed by atoms with Gasteiger partial charge in [-0.2, -0.15) is 0 Å². The van der Waals surface area contributed by atoms with Crippen LogP contribution in [0.1, 0.15) is 32.1 Å². The van der Waals surface area contributed by atoms with E-state index in [1.807, 2.05) is 24.3 Å². The molecule has 0 aliphatic heterocycles. The van der Waals surface area contributed by atoms with Crippen molar-refractivity contribution in [3.05, 3.63) is 29.3 Å². The molecule has 1 aliphatic rings. The van der Waals surface area contributed by atoms with Gasteiger partial charge in [-0.1, -0.05) is 23.9 Å². The number of hydrogen-bond acceptors (Lipinski definition) is 1. The minimum absolute atomic E-state index is 0.397. The Morgan fingerprint density at radius 1 is 1.12 bits per heavy atom. The average Bonchev–Trinajstić information content (AvgIpc) is 2.33. The van der Waals surface area contributed by atoms with Gasteiger partial charge in [-0.25, -0.2) is 0 Å². The van der Waals surface area contributed by atoms with Crippen molar-refractivity contribution >= 4 is 11.6 Å². The highest BCUT2D eigenvalue weighted by atomic mass is 35.5. The molecule has 0 atom stereocenters. The molecule has 16 heavy (non-hydrogen) atoms. The Hall–Kier alpha value is -1.13. The molecule has 0 radical (unpaired) electrons. The third-order valence-corrected chi connectivity index (χ3v) is 3.30. The van der Waals surface area contributed by atoms with E-state index in [0.717, 1.165) is 31.4 Å². The van der Waals surface area contributed by atoms with E-state index in [-0.39, 0.29) is 0 Å². The van der Waals surface area contributed by atoms with Crippen molar-refractivity contribution in [2.45, 2.75) is 37.7 Å². The summed E-state index contributed by atoms with van der Waals surface area (Å²) in [6, 6.07) is 7.39. The molecule has 1 aromatic rings. The predicted molar refractivity (Wildman–Crippen MR) is 66.7 cm³/mol. The summed E-state index contributed by atoms with van der Waals surface area (Å²) in [7, 11) is 0. The molecule has 2 heteroatoms. The predicted octanol–water partition coefficient (Wildman–Crippen LogP) is 4.05. The van der Waals surface area contributed by atoms with Gasteiger partial charge in [0.25, 0.3) is 0 Å². The molecule has 0 aromatic heterocycles. The van der Waals surface area contributed by atoms with Crippen LogP contribution in [0.2, 0.25) is 5.02 Å². The second-order valence-electron chi connectivity index (χ2n) is 4.26. The van der Waals surface area contributed by atoms with Crippen LogP contribution >= 0.6 is 11.6 Å². The highest BCUT2D eigenvalue weighted by Crippen LogP contribution is 2.32. The molecule has 0 unspecified atom stereocenters. The zero-order valence-corrected chi connectivity index (χ0v) is 9.96. The number of benzene rings is 1. The number of rotatable bonds is 2. The van der Waals surface area contributed by atoms with Crippen LogP contribution in [0.25, 0.3) is 0 Å². The normalized spacial score (nSPS) is 18.8. The van der Waals surface area contributed by atoms with Crippen LogP contribution in [-0.4, -0.2) is 5.60 Å². The summed E-state index contributed by atoms with van der Waals surface area (Å²) in [6.45, 7) is 0. The summed E-state index contributed by atoms with van der Waals surface area (Å²) < 4.78 is 5.95. The quantitative estimate of drug-likeness (QED) is 0.702. The maximum atomic E-state index is 5.95. The van der Waals surface area contributed by atoms with Crippen molar-refractivity contribution in [3.8, 4) is 18.1 Å². The minimum Gasteiger partial charge on any atom is -0.475 e. The summed E-state index contributed by atoms with van der Waals surface area (Å²) in [5.41, 5.74) is -0.397. The Labute approximate surface area is 102 Å². The largest absolute Gasteiger partial charge is 0.475 e. The molecule has 1 aromatic carbocycles. The lowest BCUT2D eigenvalue weighted by Gasteiger charge is -2.33. The molecule has 0 saturated heterocycles. The third kappa shape index (κ3) is 2.51. The van der Waals surface area contributed by atoms with E-state index in [9.17, 15) is 0 Å². The second-order valence-corrected chi connectivity index (χ2v) is 4.69. The van der Waals surface area contributed by atoms with Crippen molar-refractivity contribution in [1.82, 2.24) is 0 Å². The molecule has 2 rings (SSSR count). The van der Waals surface area contributed by atoms with Gasteiger partial charge in [0.2, 0.25) is 0 Å². The standard InChI is InChI=1S/C14H15ClO/c1-2-14(10-4-3-5-11-14)16-13-8-6-12(15)7-9-13/h1,6-9H,3-5,10-11H2. The Kier molecular flexibility index (Phi) is 3.41. The van der Waals surface area contributed by atoms with E-state index < -0.39 is 5.60 Å². The van der Waals surface area contributed by atoms with Crippen LogP contribution in [0.5, 0.6) is 5.75 Å². The van der Waals surface area contributed by atoms with Gasteiger partial charge in [-0.05, 0) is 49.9 Å². The second kappa shape index (κ2) is 4.80. The number of hydrogen-bond donors (Lipinski definition) is 0. The fourth-order valence-corrected chi connectivity index (χ4v) is 2.25. The van der Waals surface area contributed by atoms with Crippen LogP contribution in [0.4, 0.5) is 0 Å². The molecule has 0 N–H and O–H groups in total. The van der Waals surface area contributed by atoms with Gasteiger partial charge in [0.15, 0.2) is 5.60 Å². The molecule has 84 valence electrons. The first-order valence-corrected chi connectivity index (χ1v) is 6.04. The van der Waals surface area contributed by atoms with Gasteiger partial charge in [0, 0.05) is 5.02 Å². The molecule has 1 nitrogen and oxygen atoms in total. The van der Waals surface area contributed by atoms with E-state index in [1.54, 1.807) is 0 Å². The highest BCUT2D eigenvalue weighted by Gasteiger charge is 2.31. The zero-order chi connectivity index (χ0) is 11.4. The van der Waals surface area contributed by atoms with Crippen molar-refractivity contribution in [3.63, 3.8) is 0 Å². The maximum Gasteiger partial charge on any atom is 0.168 e. The average molecular weight is 235 g/mol. The van der Waals surface area contributed by atoms with E-state index in [2.05, 4.69) is 5.92 Å². The summed E-state index contributed by atoms with van der Waals surface area (Å²) in [4.78, 5) is 0. The lowest BCUT2D eigenvalue weighted by molar-refractivity contribution is 0.0873. The summed E-state index contributed by atoms with van der Waals surface area (Å²) in [5, 5.41) is 0.714. The maximum absolute atomic E-state index is 5.95. The zero-order valence-electron chi connectivity index (χ0n) is 9.21. The SMILES string of the molecule is C#CC1(Oc2ccc(Cl)cc2)CCCCC1. The van der Waals surface area contributed by atoms with Crippen molar-refractivity contribution in [1.29, 1.82) is 0 Å². The van der Waals surface area contributed by atoms with Crippen molar-refractivity contribution in [2.75, 3.05) is 0 Å². The van der Waals surface area contributed by atoms with E-state index >= 15 is 0 Å². The van der Waals surface area contributed by atoms with Gasteiger partial charge >= 0.3 is 0 Å². The molecule has 0 bridgehead atoms. The van der Waals surface area contributed by atoms with Crippen molar-refractivity contribution < 1.29 is 4.74 Å². The van der Waals surface area contributed by atoms with Gasteiger partial charge in [-0.3, -0.25) is 0 Å². The Balaban J connectivity index is 2.12. The molecule has 1 saturated carbocycles. The Morgan fingerprint density at radius 2 is 1.75 bits per heavy atom. The van der Waals surface area contributed by atoms with Crippen LogP contribution < -0.4 is 4.74 Å². The summed E-state index contributed by atoms with van der Waals surface area (Å²) in [5.74, 6) is 3.63. The molecule has 0 amide bonds. The molecular weight excluding hydrogens is 220 g/mol. The number of halogens is 1. The van der Waals surface area contributed by atoms with Crippen LogP contribution in [0, 0.1) is 12.3 Å². The lowest BCUT2D eigenvalue weighted by Crippen LogP contribution is -2.36. The molecule has 0 spiro atoms. The smallest absolute Gasteiger partial charge is 0.168 e. The first kappa shape index (κ1) is 11.4. The van der Waals surface area contributed by atoms with Gasteiger partial charge in [0.05, 0.1) is 0 Å². The molecule has 1 fully saturated rings. The first-order chi connectivity index (χ1) is 7.74. The fraction of sp³-hybridized carbons (Fsp3) is 0.429. The fourth-order valence-electron chi connectivity index (χ4n) is 2.13. The highest BCUT2D eigenvalue weighted by molar-refractivity contribution is 6.30. The number of terminal acetylenes is 1. The Morgan fingerprint density at radius 3 is 2.31 bits per heavy atom. The summed E-state index contributed by atoms with van der Waals surface area (Å²) >= 11 is 5.83. The number of ether oxygens (including phenoxy) is 1. The first-order valence-electron chi connectivity index (χ1n) is 5.66. The van der Waals surface area contributed by atoms with E-state index in [0.29, 0.717) is 5.02 Å². The molecular formula is C14H15ClO. The Bertz CT molecular complexity index is 382. The van der Waals surface area contributed by atoms with E-state index in [4.69, 9.17) is 22.8 Å². The monoisotopic (exact) mass is 234 g/mol. The van der Waals surface area contributed by atoms with Gasteiger partial charge < -0.3 is 4.74 Å². The van der Waals surface area contributed by atoms with Gasteiger partial charge in [-0.15, -0.1) is 6.42 Å². The van der Waals surface area contributed by atoms with Gasteiger partial charge in [0.1, 0.15) is 5.75 Å². The van der Waals surface area contributed by atoms with Crippen LogP contribution in [-0.2, 0) is 0 Å². The van der Waals surface area contributed by atoms with Crippen LogP contribution in [0.3, 0.4) is 0 Å². The minimum atomic E-state index is -0.397. The van der Waals surface area contributed by atoms with Crippen LogP contribution in [0.15, 0.2) is 24.3 Å². The summed E-state index contributed by atoms with van der Waals surface area (Å²) in [6.07, 6.45) is 11.1. The lowest BCUT2D eigenvalue weighted by atomic mass is 9.85. The third-order valence-electron chi connectivity index (χ3n) is 3.05. The molecule has 0 heterocycles. The van der Waals surface area contributed by atoms with Crippen molar-refractivity contribution in [2.24, 2.45) is 0 Å². The topological polar surface area (TPSA) is 9.23 Å². The molecule has 1 aliphatic carbocycles. The van der Waals surface area contributed by atoms with E-state index in [1.165, 1.54) is 6.42 Å².